The van der Waals surface area contributed by atoms with Crippen LogP contribution in [0.25, 0.3) is 0 Å². The van der Waals surface area contributed by atoms with Gasteiger partial charge in [0.05, 0.1) is 12.1 Å². The number of aryl methyl sites for hydroxylation is 1. The van der Waals surface area contributed by atoms with Crippen LogP contribution in [0, 0.1) is 6.92 Å². The minimum absolute atomic E-state index is 0.0786. The highest BCUT2D eigenvalue weighted by Crippen LogP contribution is 2.38. The first-order chi connectivity index (χ1) is 11.1. The Hall–Kier alpha value is -2.62. The van der Waals surface area contributed by atoms with Crippen molar-refractivity contribution in [3.8, 4) is 0 Å². The zero-order valence-electron chi connectivity index (χ0n) is 13.1. The molecule has 2 heterocycles. The molecule has 0 fully saturated rings. The Bertz CT molecular complexity index is 826. The van der Waals surface area contributed by atoms with Crippen LogP contribution in [-0.4, -0.2) is 18.4 Å². The van der Waals surface area contributed by atoms with Crippen molar-refractivity contribution in [2.45, 2.75) is 26.3 Å². The second-order valence-corrected chi connectivity index (χ2v) is 6.22. The lowest BCUT2D eigenvalue weighted by molar-refractivity contribution is -0.117. The van der Waals surface area contributed by atoms with E-state index >= 15 is 0 Å². The largest absolute Gasteiger partial charge is 0.348 e. The second kappa shape index (κ2) is 5.23. The van der Waals surface area contributed by atoms with Crippen LogP contribution in [0.3, 0.4) is 0 Å². The van der Waals surface area contributed by atoms with Crippen molar-refractivity contribution in [3.05, 3.63) is 64.2 Å². The number of rotatable bonds is 3. The minimum atomic E-state index is -0.0786. The van der Waals surface area contributed by atoms with Crippen molar-refractivity contribution in [2.24, 2.45) is 0 Å². The van der Waals surface area contributed by atoms with Crippen molar-refractivity contribution >= 4 is 17.5 Å². The van der Waals surface area contributed by atoms with Gasteiger partial charge in [-0.1, -0.05) is 24.3 Å². The Kier molecular flexibility index (Phi) is 3.18. The Labute approximate surface area is 135 Å². The van der Waals surface area contributed by atoms with Gasteiger partial charge in [0.25, 0.3) is 5.91 Å². The summed E-state index contributed by atoms with van der Waals surface area (Å²) in [6, 6.07) is 11.8. The maximum absolute atomic E-state index is 12.5. The van der Waals surface area contributed by atoms with Gasteiger partial charge >= 0.3 is 0 Å². The van der Waals surface area contributed by atoms with Crippen LogP contribution in [0.2, 0.25) is 0 Å². The van der Waals surface area contributed by atoms with E-state index in [4.69, 9.17) is 0 Å². The summed E-state index contributed by atoms with van der Waals surface area (Å²) in [4.78, 5) is 26.3. The number of anilines is 1. The number of hydrogen-bond donors (Lipinski definition) is 1. The molecule has 0 bridgehead atoms. The summed E-state index contributed by atoms with van der Waals surface area (Å²) in [6.45, 7) is 3.30. The van der Waals surface area contributed by atoms with Crippen molar-refractivity contribution in [1.29, 1.82) is 0 Å². The molecule has 2 aliphatic rings. The van der Waals surface area contributed by atoms with Crippen LogP contribution in [0.15, 0.2) is 36.4 Å². The molecule has 0 saturated heterocycles. The van der Waals surface area contributed by atoms with Gasteiger partial charge in [-0.05, 0) is 47.7 Å². The molecule has 2 aromatic carbocycles. The summed E-state index contributed by atoms with van der Waals surface area (Å²) in [5, 5.41) is 2.99. The first-order valence-electron chi connectivity index (χ1n) is 7.92. The number of carbonyl (C=O) groups is 2. The SMILES string of the molecule is Cc1ccccc1CNC(=O)c1cc2c3c(c1)CC(=O)N3CC2. The summed E-state index contributed by atoms with van der Waals surface area (Å²) in [5.74, 6) is 0.0707. The summed E-state index contributed by atoms with van der Waals surface area (Å²) < 4.78 is 0. The maximum atomic E-state index is 12.5. The second-order valence-electron chi connectivity index (χ2n) is 6.22. The van der Waals surface area contributed by atoms with Gasteiger partial charge < -0.3 is 10.2 Å². The first kappa shape index (κ1) is 14.0. The third-order valence-electron chi connectivity index (χ3n) is 4.75. The Morgan fingerprint density at radius 2 is 2.00 bits per heavy atom. The molecule has 2 aliphatic heterocycles. The van der Waals surface area contributed by atoms with Gasteiger partial charge in [0.1, 0.15) is 0 Å². The maximum Gasteiger partial charge on any atom is 0.251 e. The zero-order chi connectivity index (χ0) is 16.0. The van der Waals surface area contributed by atoms with E-state index in [1.54, 1.807) is 0 Å². The average Bonchev–Trinajstić information content (AvgIpc) is 3.11. The first-order valence-corrected chi connectivity index (χ1v) is 7.92. The van der Waals surface area contributed by atoms with E-state index < -0.39 is 0 Å². The van der Waals surface area contributed by atoms with E-state index in [1.165, 1.54) is 5.56 Å². The molecular weight excluding hydrogens is 288 g/mol. The average molecular weight is 306 g/mol. The van der Waals surface area contributed by atoms with Crippen molar-refractivity contribution in [1.82, 2.24) is 5.32 Å². The van der Waals surface area contributed by atoms with E-state index in [1.807, 2.05) is 48.2 Å². The van der Waals surface area contributed by atoms with Crippen molar-refractivity contribution in [2.75, 3.05) is 11.4 Å². The van der Waals surface area contributed by atoms with Crippen molar-refractivity contribution < 1.29 is 9.59 Å². The fraction of sp³-hybridized carbons (Fsp3) is 0.263. The molecule has 0 aliphatic carbocycles. The van der Waals surface area contributed by atoms with Gasteiger partial charge in [-0.2, -0.15) is 0 Å². The third kappa shape index (κ3) is 2.31. The molecule has 23 heavy (non-hydrogen) atoms. The predicted molar refractivity (Wildman–Crippen MR) is 88.6 cm³/mol. The molecule has 0 radical (unpaired) electrons. The van der Waals surface area contributed by atoms with E-state index in [0.717, 1.165) is 35.3 Å². The van der Waals surface area contributed by atoms with Gasteiger partial charge in [0.2, 0.25) is 5.91 Å². The topological polar surface area (TPSA) is 49.4 Å². The van der Waals surface area contributed by atoms with Crippen LogP contribution < -0.4 is 10.2 Å². The van der Waals surface area contributed by atoms with Gasteiger partial charge in [-0.15, -0.1) is 0 Å². The number of nitrogens with zero attached hydrogens (tertiary/aromatic N) is 1. The van der Waals surface area contributed by atoms with E-state index in [9.17, 15) is 9.59 Å². The van der Waals surface area contributed by atoms with Crippen LogP contribution in [0.1, 0.15) is 32.6 Å². The number of nitrogens with one attached hydrogen (secondary N) is 1. The zero-order valence-corrected chi connectivity index (χ0v) is 13.1. The van der Waals surface area contributed by atoms with Crippen LogP contribution >= 0.6 is 0 Å². The Morgan fingerprint density at radius 3 is 2.83 bits per heavy atom. The summed E-state index contributed by atoms with van der Waals surface area (Å²) in [7, 11) is 0. The van der Waals surface area contributed by atoms with Gasteiger partial charge in [-0.3, -0.25) is 9.59 Å². The number of amides is 2. The van der Waals surface area contributed by atoms with E-state index in [0.29, 0.717) is 18.5 Å². The molecule has 2 amide bonds. The fourth-order valence-corrected chi connectivity index (χ4v) is 3.50. The lowest BCUT2D eigenvalue weighted by atomic mass is 10.0. The van der Waals surface area contributed by atoms with Gasteiger partial charge in [0, 0.05) is 18.7 Å². The number of benzene rings is 2. The minimum Gasteiger partial charge on any atom is -0.348 e. The Morgan fingerprint density at radius 1 is 1.22 bits per heavy atom. The molecule has 0 spiro atoms. The van der Waals surface area contributed by atoms with Gasteiger partial charge in [-0.25, -0.2) is 0 Å². The summed E-state index contributed by atoms with van der Waals surface area (Å²) in [6.07, 6.45) is 1.26. The van der Waals surface area contributed by atoms with E-state index in [2.05, 4.69) is 5.32 Å². The van der Waals surface area contributed by atoms with Crippen molar-refractivity contribution in [3.63, 3.8) is 0 Å². The lowest BCUT2D eigenvalue weighted by Crippen LogP contribution is -2.24. The lowest BCUT2D eigenvalue weighted by Gasteiger charge is -2.11. The molecule has 0 saturated carbocycles. The molecule has 4 nitrogen and oxygen atoms in total. The monoisotopic (exact) mass is 306 g/mol. The van der Waals surface area contributed by atoms with Crippen LogP contribution in [-0.2, 0) is 24.2 Å². The quantitative estimate of drug-likeness (QED) is 0.946. The fourth-order valence-electron chi connectivity index (χ4n) is 3.50. The molecule has 4 heteroatoms. The summed E-state index contributed by atoms with van der Waals surface area (Å²) in [5.41, 5.74) is 6.10. The molecule has 2 aromatic rings. The molecule has 0 atom stereocenters. The molecule has 0 aromatic heterocycles. The standard InChI is InChI=1S/C19H18N2O2/c1-12-4-2-3-5-14(12)11-20-19(23)16-8-13-6-7-21-17(22)10-15(9-16)18(13)21/h2-5,8-9H,6-7,10-11H2,1H3,(H,20,23). The highest BCUT2D eigenvalue weighted by Gasteiger charge is 2.34. The number of hydrogen-bond acceptors (Lipinski definition) is 2. The van der Waals surface area contributed by atoms with Crippen LogP contribution in [0.4, 0.5) is 5.69 Å². The molecule has 116 valence electrons. The van der Waals surface area contributed by atoms with Crippen LogP contribution in [0.5, 0.6) is 0 Å². The normalized spacial score (nSPS) is 15.0. The summed E-state index contributed by atoms with van der Waals surface area (Å²) >= 11 is 0. The Balaban J connectivity index is 1.55. The third-order valence-corrected chi connectivity index (χ3v) is 4.75. The smallest absolute Gasteiger partial charge is 0.251 e. The molecule has 1 N–H and O–H groups in total. The van der Waals surface area contributed by atoms with E-state index in [-0.39, 0.29) is 11.8 Å². The molecule has 0 unspecified atom stereocenters. The number of carbonyl (C=O) groups excluding carboxylic acids is 2. The molecular formula is C19H18N2O2. The highest BCUT2D eigenvalue weighted by atomic mass is 16.2. The highest BCUT2D eigenvalue weighted by molar-refractivity contribution is 6.05. The molecule has 4 rings (SSSR count). The van der Waals surface area contributed by atoms with Gasteiger partial charge in [0.15, 0.2) is 0 Å². The predicted octanol–water partition coefficient (Wildman–Crippen LogP) is 2.37.